The van der Waals surface area contributed by atoms with Crippen LogP contribution in [0.4, 0.5) is 13.2 Å². The molecule has 0 aliphatic heterocycles. The lowest BCUT2D eigenvalue weighted by atomic mass is 10.2. The van der Waals surface area contributed by atoms with Crippen molar-refractivity contribution in [1.29, 1.82) is 0 Å². The zero-order valence-corrected chi connectivity index (χ0v) is 12.2. The van der Waals surface area contributed by atoms with Crippen molar-refractivity contribution in [1.82, 2.24) is 4.98 Å². The van der Waals surface area contributed by atoms with Crippen LogP contribution in [-0.4, -0.2) is 11.3 Å². The van der Waals surface area contributed by atoms with Gasteiger partial charge in [0, 0.05) is 6.20 Å². The molecule has 15 heavy (non-hydrogen) atoms. The Bertz CT molecular complexity index is 306. The third kappa shape index (κ3) is 6.26. The fourth-order valence-electron chi connectivity index (χ4n) is 0.689. The molecule has 0 saturated carbocycles. The summed E-state index contributed by atoms with van der Waals surface area (Å²) in [5.41, 5.74) is -1.08. The largest absolute Gasteiger partial charge is 0.416 e. The van der Waals surface area contributed by atoms with Gasteiger partial charge < -0.3 is 0 Å². The van der Waals surface area contributed by atoms with E-state index in [9.17, 15) is 18.0 Å². The lowest BCUT2D eigenvalue weighted by Gasteiger charge is -2.04. The third-order valence-electron chi connectivity index (χ3n) is 1.23. The maximum Gasteiger partial charge on any atom is 0.416 e. The van der Waals surface area contributed by atoms with E-state index in [2.05, 4.69) is 4.98 Å². The van der Waals surface area contributed by atoms with E-state index in [-0.39, 0.29) is 62.9 Å². The zero-order valence-electron chi connectivity index (χ0n) is 7.02. The highest BCUT2D eigenvalue weighted by Gasteiger charge is 2.30. The number of halogens is 6. The number of aromatic nitrogens is 1. The second-order valence-corrected chi connectivity index (χ2v) is 2.08. The van der Waals surface area contributed by atoms with Crippen LogP contribution in [0.3, 0.4) is 0 Å². The number of hydrogen-bond acceptors (Lipinski definition) is 2. The number of aldehydes is 1. The van der Waals surface area contributed by atoms with Gasteiger partial charge in [-0.25, -0.2) is 0 Å². The predicted octanol–water partition coefficient (Wildman–Crippen LogP) is 3.65. The molecule has 1 heterocycles. The minimum atomic E-state index is -4.42. The summed E-state index contributed by atoms with van der Waals surface area (Å²) in [5, 5.41) is 0. The lowest BCUT2D eigenvalue weighted by Crippen LogP contribution is -2.05. The third-order valence-corrected chi connectivity index (χ3v) is 1.23. The number of nitrogens with zero attached hydrogens (tertiary/aromatic N) is 1. The Kier molecular flexibility index (Phi) is 11.2. The molecule has 0 atom stereocenters. The summed E-state index contributed by atoms with van der Waals surface area (Å²) in [7, 11) is 0. The molecule has 0 N–H and O–H groups in total. The zero-order chi connectivity index (χ0) is 9.19. The fourth-order valence-corrected chi connectivity index (χ4v) is 0.689. The number of carbonyl (C=O) groups excluding carboxylic acids is 1. The van der Waals surface area contributed by atoms with E-state index in [1.54, 1.807) is 0 Å². The average Bonchev–Trinajstić information content (AvgIpc) is 2.03. The molecule has 1 aromatic rings. The summed E-state index contributed by atoms with van der Waals surface area (Å²) >= 11 is 0. The number of alkyl halides is 3. The number of hydrogen-bond donors (Lipinski definition) is 0. The van der Waals surface area contributed by atoms with E-state index in [1.807, 2.05) is 0 Å². The fraction of sp³-hybridized carbons (Fsp3) is 0.143. The van der Waals surface area contributed by atoms with E-state index >= 15 is 0 Å². The molecule has 0 spiro atoms. The molecule has 0 radical (unpaired) electrons. The van der Waals surface area contributed by atoms with E-state index in [1.165, 1.54) is 0 Å². The first-order valence-electron chi connectivity index (χ1n) is 3.02. The van der Waals surface area contributed by atoms with Crippen LogP contribution in [0.25, 0.3) is 0 Å². The van der Waals surface area contributed by atoms with E-state index in [0.29, 0.717) is 6.07 Å². The highest BCUT2D eigenvalue weighted by atomic mass is 79.9. The van der Waals surface area contributed by atoms with E-state index < -0.39 is 11.7 Å². The predicted molar refractivity (Wildman–Crippen MR) is 65.6 cm³/mol. The highest BCUT2D eigenvalue weighted by molar-refractivity contribution is 8.93. The summed E-state index contributed by atoms with van der Waals surface area (Å²) in [6.45, 7) is 0. The van der Waals surface area contributed by atoms with Crippen LogP contribution in [-0.2, 0) is 6.18 Å². The molecule has 0 aromatic carbocycles. The van der Waals surface area contributed by atoms with Crippen molar-refractivity contribution in [3.63, 3.8) is 0 Å². The summed E-state index contributed by atoms with van der Waals surface area (Å²) in [6, 6.07) is 1.51. The Morgan fingerprint density at radius 1 is 1.20 bits per heavy atom. The highest BCUT2D eigenvalue weighted by Crippen LogP contribution is 2.28. The quantitative estimate of drug-likeness (QED) is 0.653. The molecule has 1 rings (SSSR count). The first kappa shape index (κ1) is 20.5. The Morgan fingerprint density at radius 3 is 2.13 bits per heavy atom. The first-order valence-corrected chi connectivity index (χ1v) is 3.02. The van der Waals surface area contributed by atoms with Gasteiger partial charge in [0.2, 0.25) is 0 Å². The normalized spacial score (nSPS) is 9.00. The molecule has 1 aromatic heterocycles. The molecule has 88 valence electrons. The molecule has 8 heteroatoms. The van der Waals surface area contributed by atoms with Gasteiger partial charge in [-0.05, 0) is 12.1 Å². The summed E-state index contributed by atoms with van der Waals surface area (Å²) < 4.78 is 35.9. The van der Waals surface area contributed by atoms with E-state index in [0.717, 1.165) is 12.3 Å². The smallest absolute Gasteiger partial charge is 0.296 e. The summed E-state index contributed by atoms with van der Waals surface area (Å²) in [6.07, 6.45) is -3.19. The topological polar surface area (TPSA) is 30.0 Å². The van der Waals surface area contributed by atoms with Gasteiger partial charge in [-0.15, -0.1) is 50.9 Å². The molecule has 0 amide bonds. The minimum absolute atomic E-state index is 0. The van der Waals surface area contributed by atoms with Crippen LogP contribution < -0.4 is 0 Å². The van der Waals surface area contributed by atoms with Crippen molar-refractivity contribution in [2.75, 3.05) is 0 Å². The maximum atomic E-state index is 12.0. The van der Waals surface area contributed by atoms with Gasteiger partial charge in [0.15, 0.2) is 6.29 Å². The van der Waals surface area contributed by atoms with Crippen molar-refractivity contribution < 1.29 is 18.0 Å². The Balaban J connectivity index is -0.000000480. The van der Waals surface area contributed by atoms with Gasteiger partial charge in [0.05, 0.1) is 5.56 Å². The Labute approximate surface area is 116 Å². The monoisotopic (exact) mass is 415 g/mol. The first-order chi connectivity index (χ1) is 5.54. The molecule has 0 aliphatic rings. The molecular weight excluding hydrogens is 411 g/mol. The van der Waals surface area contributed by atoms with Crippen molar-refractivity contribution in [2.45, 2.75) is 6.18 Å². The number of pyridine rings is 1. The van der Waals surface area contributed by atoms with Crippen LogP contribution in [0.2, 0.25) is 0 Å². The standard InChI is InChI=1S/C7H4F3NO.3BrH/c8-7(9,10)5-1-2-11-6(3-5)4-12;;;/h1-4H;3*1H. The van der Waals surface area contributed by atoms with Crippen LogP contribution in [0.1, 0.15) is 16.1 Å². The van der Waals surface area contributed by atoms with Gasteiger partial charge in [-0.2, -0.15) is 13.2 Å². The van der Waals surface area contributed by atoms with Crippen molar-refractivity contribution in [2.24, 2.45) is 0 Å². The second kappa shape index (κ2) is 8.23. The van der Waals surface area contributed by atoms with Gasteiger partial charge in [-0.3, -0.25) is 9.78 Å². The molecule has 0 aliphatic carbocycles. The molecule has 0 unspecified atom stereocenters. The van der Waals surface area contributed by atoms with Crippen LogP contribution in [0, 0.1) is 0 Å². The van der Waals surface area contributed by atoms with Gasteiger partial charge >= 0.3 is 6.18 Å². The Morgan fingerprint density at radius 2 is 1.73 bits per heavy atom. The molecule has 2 nitrogen and oxygen atoms in total. The van der Waals surface area contributed by atoms with Crippen molar-refractivity contribution in [3.05, 3.63) is 29.6 Å². The van der Waals surface area contributed by atoms with Crippen LogP contribution in [0.5, 0.6) is 0 Å². The van der Waals surface area contributed by atoms with Gasteiger partial charge in [0.25, 0.3) is 0 Å². The summed E-state index contributed by atoms with van der Waals surface area (Å²) in [5.74, 6) is 0. The maximum absolute atomic E-state index is 12.0. The lowest BCUT2D eigenvalue weighted by molar-refractivity contribution is -0.137. The van der Waals surface area contributed by atoms with Crippen molar-refractivity contribution in [3.8, 4) is 0 Å². The SMILES string of the molecule is Br.Br.Br.O=Cc1cc(C(F)(F)F)ccn1. The minimum Gasteiger partial charge on any atom is -0.296 e. The molecule has 0 saturated heterocycles. The summed E-state index contributed by atoms with van der Waals surface area (Å²) in [4.78, 5) is 13.5. The van der Waals surface area contributed by atoms with Gasteiger partial charge in [-0.1, -0.05) is 0 Å². The van der Waals surface area contributed by atoms with Gasteiger partial charge in [0.1, 0.15) is 5.69 Å². The molecule has 0 fully saturated rings. The second-order valence-electron chi connectivity index (χ2n) is 2.08. The van der Waals surface area contributed by atoms with Crippen LogP contribution >= 0.6 is 50.9 Å². The number of carbonyl (C=O) groups is 1. The Hall–Kier alpha value is 0.0500. The van der Waals surface area contributed by atoms with Crippen molar-refractivity contribution >= 4 is 57.2 Å². The molecular formula is C7H7Br3F3NO. The number of rotatable bonds is 1. The van der Waals surface area contributed by atoms with E-state index in [4.69, 9.17) is 0 Å². The molecule has 0 bridgehead atoms. The average molecular weight is 418 g/mol. The van der Waals surface area contributed by atoms with Crippen LogP contribution in [0.15, 0.2) is 18.3 Å².